The molecule has 0 saturated carbocycles. The lowest BCUT2D eigenvalue weighted by atomic mass is 9.99. The van der Waals surface area contributed by atoms with Crippen LogP contribution in [0.2, 0.25) is 0 Å². The number of fused-ring (bicyclic) bond motifs is 1. The zero-order valence-electron chi connectivity index (χ0n) is 14.8. The van der Waals surface area contributed by atoms with Gasteiger partial charge in [0, 0.05) is 5.56 Å². The summed E-state index contributed by atoms with van der Waals surface area (Å²) in [6, 6.07) is 6.64. The summed E-state index contributed by atoms with van der Waals surface area (Å²) in [5, 5.41) is 2.73. The Hall–Kier alpha value is -2.17. The standard InChI is InChI=1S/C20H28N2O3/c21-19(24)18(23)17-14-8-6-4-2-1-3-5-7-11-15-12-9-10-13-16(15)20(25)22-17/h9-10,12-13,17H,1-8,11,14H2,(H2,21,24)(H,22,25)/t17-/m0/s1. The molecule has 5 nitrogen and oxygen atoms in total. The van der Waals surface area contributed by atoms with Crippen molar-refractivity contribution in [2.45, 2.75) is 70.3 Å². The van der Waals surface area contributed by atoms with Crippen molar-refractivity contribution in [3.8, 4) is 0 Å². The quantitative estimate of drug-likeness (QED) is 0.808. The molecule has 2 rings (SSSR count). The maximum Gasteiger partial charge on any atom is 0.287 e. The number of rotatable bonds is 2. The van der Waals surface area contributed by atoms with Gasteiger partial charge in [0.15, 0.2) is 0 Å². The van der Waals surface area contributed by atoms with E-state index in [9.17, 15) is 14.4 Å². The molecular formula is C20H28N2O3. The summed E-state index contributed by atoms with van der Waals surface area (Å²) in [4.78, 5) is 36.0. The first-order chi connectivity index (χ1) is 12.1. The highest BCUT2D eigenvalue weighted by atomic mass is 16.2. The van der Waals surface area contributed by atoms with E-state index in [4.69, 9.17) is 5.73 Å². The van der Waals surface area contributed by atoms with Crippen LogP contribution in [0, 0.1) is 0 Å². The third kappa shape index (κ3) is 6.00. The summed E-state index contributed by atoms with van der Waals surface area (Å²) in [6.45, 7) is 0. The number of aryl methyl sites for hydroxylation is 1. The van der Waals surface area contributed by atoms with Crippen LogP contribution < -0.4 is 11.1 Å². The van der Waals surface area contributed by atoms with E-state index in [1.54, 1.807) is 6.07 Å². The van der Waals surface area contributed by atoms with Gasteiger partial charge in [-0.05, 0) is 30.9 Å². The van der Waals surface area contributed by atoms with Gasteiger partial charge in [0.25, 0.3) is 11.8 Å². The Morgan fingerprint density at radius 1 is 0.920 bits per heavy atom. The van der Waals surface area contributed by atoms with Crippen molar-refractivity contribution in [3.63, 3.8) is 0 Å². The minimum absolute atomic E-state index is 0.301. The molecule has 0 unspecified atom stereocenters. The molecule has 1 heterocycles. The van der Waals surface area contributed by atoms with Crippen molar-refractivity contribution < 1.29 is 14.4 Å². The molecular weight excluding hydrogens is 316 g/mol. The minimum Gasteiger partial charge on any atom is -0.363 e. The van der Waals surface area contributed by atoms with Gasteiger partial charge in [0.1, 0.15) is 0 Å². The van der Waals surface area contributed by atoms with Crippen molar-refractivity contribution in [2.24, 2.45) is 5.73 Å². The molecule has 0 saturated heterocycles. The summed E-state index contributed by atoms with van der Waals surface area (Å²) < 4.78 is 0. The zero-order chi connectivity index (χ0) is 18.1. The molecule has 3 N–H and O–H groups in total. The molecule has 0 aliphatic carbocycles. The number of carbonyl (C=O) groups is 3. The largest absolute Gasteiger partial charge is 0.363 e. The van der Waals surface area contributed by atoms with Gasteiger partial charge in [0.2, 0.25) is 5.78 Å². The molecule has 136 valence electrons. The number of primary amides is 1. The van der Waals surface area contributed by atoms with Gasteiger partial charge < -0.3 is 11.1 Å². The third-order valence-corrected chi connectivity index (χ3v) is 4.82. The molecule has 1 atom stereocenters. The fourth-order valence-corrected chi connectivity index (χ4v) is 3.36. The molecule has 1 aromatic carbocycles. The van der Waals surface area contributed by atoms with Crippen LogP contribution in [-0.2, 0) is 16.0 Å². The molecule has 0 bridgehead atoms. The summed E-state index contributed by atoms with van der Waals surface area (Å²) in [5.41, 5.74) is 6.72. The number of Topliss-reactive ketones (excluding diaryl/α,β-unsaturated/α-hetero) is 1. The smallest absolute Gasteiger partial charge is 0.287 e. The van der Waals surface area contributed by atoms with Gasteiger partial charge in [-0.3, -0.25) is 14.4 Å². The van der Waals surface area contributed by atoms with Gasteiger partial charge in [-0.15, -0.1) is 0 Å². The molecule has 0 radical (unpaired) electrons. The number of nitrogens with two attached hydrogens (primary N) is 1. The molecule has 25 heavy (non-hydrogen) atoms. The maximum absolute atomic E-state index is 12.7. The van der Waals surface area contributed by atoms with Gasteiger partial charge in [-0.1, -0.05) is 63.1 Å². The Labute approximate surface area is 149 Å². The molecule has 1 aliphatic heterocycles. The first kappa shape index (κ1) is 19.2. The molecule has 5 heteroatoms. The highest BCUT2D eigenvalue weighted by Crippen LogP contribution is 2.17. The van der Waals surface area contributed by atoms with Crippen molar-refractivity contribution in [1.82, 2.24) is 5.32 Å². The lowest BCUT2D eigenvalue weighted by Gasteiger charge is -2.17. The molecule has 1 aromatic rings. The van der Waals surface area contributed by atoms with Crippen LogP contribution in [0.25, 0.3) is 0 Å². The average Bonchev–Trinajstić information content (AvgIpc) is 2.61. The molecule has 2 amide bonds. The number of hydrogen-bond donors (Lipinski definition) is 2. The first-order valence-corrected chi connectivity index (χ1v) is 9.32. The van der Waals surface area contributed by atoms with Crippen LogP contribution in [0.4, 0.5) is 0 Å². The number of amides is 2. The lowest BCUT2D eigenvalue weighted by Crippen LogP contribution is -2.46. The van der Waals surface area contributed by atoms with Gasteiger partial charge in [-0.25, -0.2) is 0 Å². The van der Waals surface area contributed by atoms with Crippen LogP contribution in [0.1, 0.15) is 73.7 Å². The van der Waals surface area contributed by atoms with E-state index in [0.29, 0.717) is 12.0 Å². The first-order valence-electron chi connectivity index (χ1n) is 9.32. The summed E-state index contributed by atoms with van der Waals surface area (Å²) in [6.07, 6.45) is 10.1. The van der Waals surface area contributed by atoms with Crippen LogP contribution in [-0.4, -0.2) is 23.6 Å². The third-order valence-electron chi connectivity index (χ3n) is 4.82. The van der Waals surface area contributed by atoms with E-state index in [0.717, 1.165) is 37.7 Å². The fraction of sp³-hybridized carbons (Fsp3) is 0.550. The van der Waals surface area contributed by atoms with Crippen LogP contribution in [0.3, 0.4) is 0 Å². The molecule has 0 spiro atoms. The van der Waals surface area contributed by atoms with Gasteiger partial charge >= 0.3 is 0 Å². The van der Waals surface area contributed by atoms with Gasteiger partial charge in [0.05, 0.1) is 6.04 Å². The Bertz CT molecular complexity index is 613. The second kappa shape index (κ2) is 9.97. The van der Waals surface area contributed by atoms with E-state index in [-0.39, 0.29) is 5.91 Å². The lowest BCUT2D eigenvalue weighted by molar-refractivity contribution is -0.137. The predicted octanol–water partition coefficient (Wildman–Crippen LogP) is 2.91. The Morgan fingerprint density at radius 2 is 1.52 bits per heavy atom. The van der Waals surface area contributed by atoms with Crippen molar-refractivity contribution >= 4 is 17.6 Å². The normalized spacial score (nSPS) is 20.5. The highest BCUT2D eigenvalue weighted by molar-refractivity contribution is 6.38. The SMILES string of the molecule is NC(=O)C(=O)[C@@H]1CCCCCCCCCCc2ccccc2C(=O)N1. The van der Waals surface area contributed by atoms with E-state index < -0.39 is 17.7 Å². The Kier molecular flexibility index (Phi) is 7.64. The molecule has 1 aliphatic rings. The van der Waals surface area contributed by atoms with E-state index in [1.165, 1.54) is 25.7 Å². The highest BCUT2D eigenvalue weighted by Gasteiger charge is 2.25. The number of benzene rings is 1. The molecule has 0 aromatic heterocycles. The number of ketones is 1. The van der Waals surface area contributed by atoms with E-state index >= 15 is 0 Å². The zero-order valence-corrected chi connectivity index (χ0v) is 14.8. The summed E-state index contributed by atoms with van der Waals surface area (Å²) in [5.74, 6) is -2.00. The summed E-state index contributed by atoms with van der Waals surface area (Å²) >= 11 is 0. The average molecular weight is 344 g/mol. The van der Waals surface area contributed by atoms with E-state index in [1.807, 2.05) is 18.2 Å². The second-order valence-corrected chi connectivity index (χ2v) is 6.78. The Morgan fingerprint density at radius 3 is 2.20 bits per heavy atom. The van der Waals surface area contributed by atoms with Crippen LogP contribution in [0.5, 0.6) is 0 Å². The maximum atomic E-state index is 12.7. The van der Waals surface area contributed by atoms with Crippen molar-refractivity contribution in [1.29, 1.82) is 0 Å². The Balaban J connectivity index is 2.18. The minimum atomic E-state index is -0.989. The fourth-order valence-electron chi connectivity index (χ4n) is 3.36. The second-order valence-electron chi connectivity index (χ2n) is 6.78. The monoisotopic (exact) mass is 344 g/mol. The summed E-state index contributed by atoms with van der Waals surface area (Å²) in [7, 11) is 0. The van der Waals surface area contributed by atoms with Crippen molar-refractivity contribution in [3.05, 3.63) is 35.4 Å². The van der Waals surface area contributed by atoms with Crippen LogP contribution >= 0.6 is 0 Å². The number of carbonyl (C=O) groups excluding carboxylic acids is 3. The topological polar surface area (TPSA) is 89.3 Å². The number of hydrogen-bond acceptors (Lipinski definition) is 3. The van der Waals surface area contributed by atoms with E-state index in [2.05, 4.69) is 5.32 Å². The number of nitrogens with one attached hydrogen (secondary N) is 1. The van der Waals surface area contributed by atoms with Crippen molar-refractivity contribution in [2.75, 3.05) is 0 Å². The van der Waals surface area contributed by atoms with Crippen LogP contribution in [0.15, 0.2) is 24.3 Å². The predicted molar refractivity (Wildman–Crippen MR) is 97.2 cm³/mol. The molecule has 0 fully saturated rings. The van der Waals surface area contributed by atoms with Gasteiger partial charge in [-0.2, -0.15) is 0 Å².